The molecule has 6 heteroatoms. The van der Waals surface area contributed by atoms with Gasteiger partial charge in [0, 0.05) is 44.8 Å². The molecule has 1 atom stereocenters. The summed E-state index contributed by atoms with van der Waals surface area (Å²) in [5.41, 5.74) is 2.56. The van der Waals surface area contributed by atoms with E-state index in [1.807, 2.05) is 0 Å². The third-order valence-electron chi connectivity index (χ3n) is 6.13. The van der Waals surface area contributed by atoms with E-state index < -0.39 is 0 Å². The molecule has 24 heavy (non-hydrogen) atoms. The molecule has 4 heterocycles. The van der Waals surface area contributed by atoms with Crippen molar-refractivity contribution in [1.29, 1.82) is 0 Å². The normalized spacial score (nSPS) is 29.2. The van der Waals surface area contributed by atoms with Crippen LogP contribution in [0.4, 0.5) is 0 Å². The van der Waals surface area contributed by atoms with Crippen LogP contribution in [0.1, 0.15) is 49.4 Å². The lowest BCUT2D eigenvalue weighted by molar-refractivity contribution is -0.136. The lowest BCUT2D eigenvalue weighted by Crippen LogP contribution is -2.48. The van der Waals surface area contributed by atoms with Crippen LogP contribution in [-0.4, -0.2) is 63.9 Å². The van der Waals surface area contributed by atoms with E-state index in [1.54, 1.807) is 0 Å². The van der Waals surface area contributed by atoms with E-state index in [0.29, 0.717) is 17.9 Å². The first-order valence-electron chi connectivity index (χ1n) is 9.48. The Labute approximate surface area is 142 Å². The number of likely N-dealkylation sites (tertiary alicyclic amines) is 1. The van der Waals surface area contributed by atoms with E-state index in [9.17, 15) is 4.79 Å². The Morgan fingerprint density at radius 3 is 2.67 bits per heavy atom. The molecular formula is C18H26N4O2. The highest BCUT2D eigenvalue weighted by atomic mass is 16.5. The molecule has 2 saturated heterocycles. The van der Waals surface area contributed by atoms with Crippen LogP contribution >= 0.6 is 0 Å². The van der Waals surface area contributed by atoms with Gasteiger partial charge in [-0.25, -0.2) is 0 Å². The molecule has 1 aromatic heterocycles. The number of carbonyl (C=O) groups is 1. The van der Waals surface area contributed by atoms with Crippen LogP contribution in [0, 0.1) is 0 Å². The largest absolute Gasteiger partial charge is 0.381 e. The zero-order valence-electron chi connectivity index (χ0n) is 14.2. The maximum atomic E-state index is 13.0. The molecule has 3 aliphatic heterocycles. The Balaban J connectivity index is 1.27. The third kappa shape index (κ3) is 2.56. The minimum atomic E-state index is 0.0702. The van der Waals surface area contributed by atoms with Crippen molar-refractivity contribution in [3.05, 3.63) is 17.5 Å². The van der Waals surface area contributed by atoms with Gasteiger partial charge in [-0.2, -0.15) is 5.10 Å². The van der Waals surface area contributed by atoms with Crippen molar-refractivity contribution in [2.75, 3.05) is 26.3 Å². The number of carbonyl (C=O) groups excluding carboxylic acids is 1. The van der Waals surface area contributed by atoms with Gasteiger partial charge < -0.3 is 9.64 Å². The molecule has 4 aliphatic rings. The van der Waals surface area contributed by atoms with Crippen LogP contribution in [0.25, 0.3) is 0 Å². The van der Waals surface area contributed by atoms with Gasteiger partial charge in [0.15, 0.2) is 0 Å². The van der Waals surface area contributed by atoms with Crippen LogP contribution in [0.3, 0.4) is 0 Å². The zero-order chi connectivity index (χ0) is 16.1. The maximum absolute atomic E-state index is 13.0. The van der Waals surface area contributed by atoms with E-state index >= 15 is 0 Å². The Morgan fingerprint density at radius 1 is 1.04 bits per heavy atom. The molecule has 0 bridgehead atoms. The first-order chi connectivity index (χ1) is 11.8. The van der Waals surface area contributed by atoms with E-state index in [4.69, 9.17) is 9.84 Å². The number of aromatic nitrogens is 2. The molecule has 6 nitrogen and oxygen atoms in total. The summed E-state index contributed by atoms with van der Waals surface area (Å²) < 4.78 is 7.61. The summed E-state index contributed by atoms with van der Waals surface area (Å²) in [6, 6.07) is 2.74. The van der Waals surface area contributed by atoms with Crippen molar-refractivity contribution in [2.24, 2.45) is 0 Å². The number of nitrogens with zero attached hydrogens (tertiary/aromatic N) is 4. The molecule has 0 spiro atoms. The zero-order valence-corrected chi connectivity index (χ0v) is 14.2. The number of ether oxygens (including phenoxy) is 1. The average molecular weight is 330 g/mol. The third-order valence-corrected chi connectivity index (χ3v) is 6.13. The topological polar surface area (TPSA) is 50.6 Å². The second-order valence-corrected chi connectivity index (χ2v) is 7.71. The van der Waals surface area contributed by atoms with Crippen LogP contribution in [0.15, 0.2) is 6.07 Å². The molecular weight excluding hydrogens is 304 g/mol. The number of rotatable bonds is 3. The summed E-state index contributed by atoms with van der Waals surface area (Å²) >= 11 is 0. The molecule has 1 aliphatic carbocycles. The lowest BCUT2D eigenvalue weighted by atomic mass is 10.1. The first kappa shape index (κ1) is 14.9. The van der Waals surface area contributed by atoms with Gasteiger partial charge in [0.25, 0.3) is 0 Å². The fourth-order valence-corrected chi connectivity index (χ4v) is 4.54. The standard InChI is InChI=1S/C18H26N4O2/c23-18-17(3-6-21(18)14-4-9-24-10-5-14)20-7-8-22-15(12-20)11-16(19-22)13-1-2-13/h11,13-14,17H,1-10,12H2. The average Bonchev–Trinajstić information content (AvgIpc) is 3.27. The molecule has 0 N–H and O–H groups in total. The molecule has 1 unspecified atom stereocenters. The van der Waals surface area contributed by atoms with Crippen LogP contribution in [0.5, 0.6) is 0 Å². The van der Waals surface area contributed by atoms with Crippen LogP contribution < -0.4 is 0 Å². The first-order valence-corrected chi connectivity index (χ1v) is 9.48. The van der Waals surface area contributed by atoms with Crippen molar-refractivity contribution in [3.8, 4) is 0 Å². The molecule has 1 saturated carbocycles. The number of hydrogen-bond donors (Lipinski definition) is 0. The predicted molar refractivity (Wildman–Crippen MR) is 88.6 cm³/mol. The Bertz CT molecular complexity index is 633. The molecule has 0 radical (unpaired) electrons. The van der Waals surface area contributed by atoms with Crippen molar-refractivity contribution >= 4 is 5.91 Å². The number of hydrogen-bond acceptors (Lipinski definition) is 4. The van der Waals surface area contributed by atoms with Crippen LogP contribution in [0.2, 0.25) is 0 Å². The highest BCUT2D eigenvalue weighted by Gasteiger charge is 2.40. The number of amides is 1. The summed E-state index contributed by atoms with van der Waals surface area (Å²) in [6.45, 7) is 5.24. The van der Waals surface area contributed by atoms with Gasteiger partial charge in [0.1, 0.15) is 0 Å². The summed E-state index contributed by atoms with van der Waals surface area (Å²) in [7, 11) is 0. The van der Waals surface area contributed by atoms with E-state index in [1.165, 1.54) is 24.2 Å². The molecule has 1 aromatic rings. The van der Waals surface area contributed by atoms with Crippen molar-refractivity contribution in [1.82, 2.24) is 19.6 Å². The number of fused-ring (bicyclic) bond motifs is 1. The van der Waals surface area contributed by atoms with Crippen molar-refractivity contribution < 1.29 is 9.53 Å². The van der Waals surface area contributed by atoms with Gasteiger partial charge in [-0.15, -0.1) is 0 Å². The van der Waals surface area contributed by atoms with Crippen molar-refractivity contribution in [2.45, 2.75) is 63.2 Å². The SMILES string of the molecule is O=C1C(N2CCn3nc(C4CC4)cc3C2)CCN1C1CCOCC1. The highest BCUT2D eigenvalue weighted by molar-refractivity contribution is 5.84. The molecule has 130 valence electrons. The van der Waals surface area contributed by atoms with Gasteiger partial charge in [0.2, 0.25) is 5.91 Å². The predicted octanol–water partition coefficient (Wildman–Crippen LogP) is 1.36. The maximum Gasteiger partial charge on any atom is 0.240 e. The summed E-state index contributed by atoms with van der Waals surface area (Å²) in [4.78, 5) is 17.5. The second-order valence-electron chi connectivity index (χ2n) is 7.71. The molecule has 0 aromatic carbocycles. The minimum Gasteiger partial charge on any atom is -0.381 e. The minimum absolute atomic E-state index is 0.0702. The van der Waals surface area contributed by atoms with Gasteiger partial charge in [0.05, 0.1) is 24.0 Å². The van der Waals surface area contributed by atoms with Gasteiger partial charge in [-0.05, 0) is 38.2 Å². The van der Waals surface area contributed by atoms with Gasteiger partial charge >= 0.3 is 0 Å². The molecule has 3 fully saturated rings. The molecule has 1 amide bonds. The summed E-state index contributed by atoms with van der Waals surface area (Å²) in [5, 5.41) is 4.76. The molecule has 5 rings (SSSR count). The Kier molecular flexibility index (Phi) is 3.63. The monoisotopic (exact) mass is 330 g/mol. The fraction of sp³-hybridized carbons (Fsp3) is 0.778. The van der Waals surface area contributed by atoms with Gasteiger partial charge in [-0.3, -0.25) is 14.4 Å². The Morgan fingerprint density at radius 2 is 1.88 bits per heavy atom. The summed E-state index contributed by atoms with van der Waals surface area (Å²) in [6.07, 6.45) is 5.55. The van der Waals surface area contributed by atoms with Crippen molar-refractivity contribution in [3.63, 3.8) is 0 Å². The summed E-state index contributed by atoms with van der Waals surface area (Å²) in [5.74, 6) is 1.05. The van der Waals surface area contributed by atoms with Crippen LogP contribution in [-0.2, 0) is 22.6 Å². The van der Waals surface area contributed by atoms with E-state index in [2.05, 4.69) is 20.5 Å². The van der Waals surface area contributed by atoms with E-state index in [-0.39, 0.29) is 6.04 Å². The second kappa shape index (κ2) is 5.85. The highest BCUT2D eigenvalue weighted by Crippen LogP contribution is 2.40. The van der Waals surface area contributed by atoms with E-state index in [0.717, 1.165) is 58.7 Å². The Hall–Kier alpha value is -1.40. The quantitative estimate of drug-likeness (QED) is 0.840. The van der Waals surface area contributed by atoms with Gasteiger partial charge in [-0.1, -0.05) is 0 Å². The smallest absolute Gasteiger partial charge is 0.240 e. The lowest BCUT2D eigenvalue weighted by Gasteiger charge is -2.34. The fourth-order valence-electron chi connectivity index (χ4n) is 4.54.